The summed E-state index contributed by atoms with van der Waals surface area (Å²) in [5.74, 6) is 1.57. The first-order chi connectivity index (χ1) is 16.3. The maximum Gasteiger partial charge on any atom is 0.180 e. The third-order valence-electron chi connectivity index (χ3n) is 6.99. The van der Waals surface area contributed by atoms with Crippen LogP contribution in [0.15, 0.2) is 48.6 Å². The molecule has 0 amide bonds. The molecule has 1 atom stereocenters. The summed E-state index contributed by atoms with van der Waals surface area (Å²) in [6.07, 6.45) is 8.33. The van der Waals surface area contributed by atoms with Crippen LogP contribution < -0.4 is 10.2 Å². The minimum absolute atomic E-state index is 0.648. The number of ether oxygens (including phenoxy) is 1. The summed E-state index contributed by atoms with van der Waals surface area (Å²) in [6.45, 7) is 7.08. The first-order valence-corrected chi connectivity index (χ1v) is 11.6. The van der Waals surface area contributed by atoms with Gasteiger partial charge in [0.1, 0.15) is 0 Å². The average Bonchev–Trinajstić information content (AvgIpc) is 3.62. The van der Waals surface area contributed by atoms with E-state index in [4.69, 9.17) is 14.7 Å². The Labute approximate surface area is 191 Å². The summed E-state index contributed by atoms with van der Waals surface area (Å²) >= 11 is 0. The van der Waals surface area contributed by atoms with Crippen molar-refractivity contribution in [3.63, 3.8) is 0 Å². The van der Waals surface area contributed by atoms with E-state index in [-0.39, 0.29) is 0 Å². The second kappa shape index (κ2) is 7.57. The number of hydrogen-bond acceptors (Lipinski definition) is 7. The van der Waals surface area contributed by atoms with Gasteiger partial charge in [-0.3, -0.25) is 10.00 Å². The number of nitrogens with one attached hydrogen (secondary N) is 2. The molecule has 4 aromatic rings. The summed E-state index contributed by atoms with van der Waals surface area (Å²) in [5, 5.41) is 11.7. The van der Waals surface area contributed by atoms with Gasteiger partial charge in [-0.1, -0.05) is 12.1 Å². The van der Waals surface area contributed by atoms with Gasteiger partial charge in [-0.05, 0) is 17.8 Å². The highest BCUT2D eigenvalue weighted by Gasteiger charge is 2.30. The number of imidazole rings is 1. The lowest BCUT2D eigenvalue weighted by Crippen LogP contribution is -2.37. The fourth-order valence-electron chi connectivity index (χ4n) is 5.34. The van der Waals surface area contributed by atoms with E-state index in [1.165, 1.54) is 5.57 Å². The Balaban J connectivity index is 1.31. The van der Waals surface area contributed by atoms with Crippen LogP contribution in [0.25, 0.3) is 27.8 Å². The van der Waals surface area contributed by atoms with Crippen molar-refractivity contribution in [2.24, 2.45) is 5.92 Å². The minimum Gasteiger partial charge on any atom is -0.390 e. The Bertz CT molecular complexity index is 1370. The lowest BCUT2D eigenvalue weighted by molar-refractivity contribution is 0.122. The number of hydrogen-bond donors (Lipinski definition) is 2. The van der Waals surface area contributed by atoms with Gasteiger partial charge < -0.3 is 19.4 Å². The Hall–Kier alpha value is -3.43. The van der Waals surface area contributed by atoms with Crippen molar-refractivity contribution in [1.29, 1.82) is 0 Å². The number of rotatable bonds is 4. The van der Waals surface area contributed by atoms with Gasteiger partial charge in [-0.2, -0.15) is 5.10 Å². The molecule has 0 radical (unpaired) electrons. The number of fused-ring (bicyclic) bond motifs is 3. The summed E-state index contributed by atoms with van der Waals surface area (Å²) in [6, 6.07) is 6.19. The van der Waals surface area contributed by atoms with Gasteiger partial charge in [0.15, 0.2) is 11.5 Å². The SMILES string of the molecule is C1=C2CN(Cc3cn4cc(-c5cccc6[nH]ncc56)nc(N5CCOCC5)c4n3)CC2CN1. The maximum atomic E-state index is 5.60. The van der Waals surface area contributed by atoms with Crippen molar-refractivity contribution < 1.29 is 4.74 Å². The fourth-order valence-corrected chi connectivity index (χ4v) is 5.34. The van der Waals surface area contributed by atoms with Crippen LogP contribution in [0.5, 0.6) is 0 Å². The predicted molar refractivity (Wildman–Crippen MR) is 126 cm³/mol. The van der Waals surface area contributed by atoms with Crippen molar-refractivity contribution in [3.05, 3.63) is 54.3 Å². The van der Waals surface area contributed by atoms with Crippen LogP contribution in [-0.2, 0) is 11.3 Å². The molecule has 0 spiro atoms. The third-order valence-corrected chi connectivity index (χ3v) is 6.99. The van der Waals surface area contributed by atoms with Gasteiger partial charge in [-0.25, -0.2) is 9.97 Å². The summed E-state index contributed by atoms with van der Waals surface area (Å²) < 4.78 is 7.75. The highest BCUT2D eigenvalue weighted by atomic mass is 16.5. The second-order valence-corrected chi connectivity index (χ2v) is 9.14. The van der Waals surface area contributed by atoms with Crippen molar-refractivity contribution >= 4 is 22.4 Å². The van der Waals surface area contributed by atoms with Crippen LogP contribution in [0.1, 0.15) is 5.69 Å². The van der Waals surface area contributed by atoms with E-state index < -0.39 is 0 Å². The van der Waals surface area contributed by atoms with Gasteiger partial charge in [0.25, 0.3) is 0 Å². The predicted octanol–water partition coefficient (Wildman–Crippen LogP) is 2.03. The Morgan fingerprint density at radius 2 is 2.06 bits per heavy atom. The van der Waals surface area contributed by atoms with Crippen LogP contribution in [0.4, 0.5) is 5.82 Å². The number of aromatic nitrogens is 5. The Kier molecular flexibility index (Phi) is 4.37. The third kappa shape index (κ3) is 3.27. The van der Waals surface area contributed by atoms with Gasteiger partial charge in [0.2, 0.25) is 0 Å². The number of morpholine rings is 1. The number of likely N-dealkylation sites (tertiary alicyclic amines) is 1. The Morgan fingerprint density at radius 1 is 1.12 bits per heavy atom. The van der Waals surface area contributed by atoms with E-state index >= 15 is 0 Å². The zero-order valence-electron chi connectivity index (χ0n) is 18.4. The molecule has 2 N–H and O–H groups in total. The Morgan fingerprint density at radius 3 is 2.97 bits per heavy atom. The summed E-state index contributed by atoms with van der Waals surface area (Å²) in [4.78, 5) is 15.0. The smallest absolute Gasteiger partial charge is 0.180 e. The van der Waals surface area contributed by atoms with Gasteiger partial charge in [0.05, 0.1) is 36.3 Å². The molecule has 3 aliphatic heterocycles. The average molecular weight is 443 g/mol. The molecule has 0 saturated carbocycles. The molecule has 3 aromatic heterocycles. The van der Waals surface area contributed by atoms with E-state index in [9.17, 15) is 0 Å². The molecule has 7 rings (SSSR count). The zero-order valence-corrected chi connectivity index (χ0v) is 18.4. The lowest BCUT2D eigenvalue weighted by atomic mass is 10.1. The summed E-state index contributed by atoms with van der Waals surface area (Å²) in [7, 11) is 0. The van der Waals surface area contributed by atoms with Gasteiger partial charge >= 0.3 is 0 Å². The zero-order chi connectivity index (χ0) is 21.8. The quantitative estimate of drug-likeness (QED) is 0.500. The molecular formula is C24H26N8O. The molecule has 1 unspecified atom stereocenters. The molecule has 6 heterocycles. The number of nitrogens with zero attached hydrogens (tertiary/aromatic N) is 6. The molecule has 9 heteroatoms. The number of aromatic amines is 1. The second-order valence-electron chi connectivity index (χ2n) is 9.14. The van der Waals surface area contributed by atoms with E-state index in [0.717, 1.165) is 78.6 Å². The monoisotopic (exact) mass is 442 g/mol. The molecule has 0 aliphatic carbocycles. The maximum absolute atomic E-state index is 5.60. The first-order valence-electron chi connectivity index (χ1n) is 11.6. The van der Waals surface area contributed by atoms with Crippen molar-refractivity contribution in [2.45, 2.75) is 6.54 Å². The van der Waals surface area contributed by atoms with E-state index in [1.807, 2.05) is 18.3 Å². The normalized spacial score (nSPS) is 21.0. The van der Waals surface area contributed by atoms with Crippen LogP contribution in [0.3, 0.4) is 0 Å². The highest BCUT2D eigenvalue weighted by Crippen LogP contribution is 2.31. The lowest BCUT2D eigenvalue weighted by Gasteiger charge is -2.28. The van der Waals surface area contributed by atoms with Crippen LogP contribution in [-0.4, -0.2) is 75.4 Å². The molecule has 1 aromatic carbocycles. The van der Waals surface area contributed by atoms with E-state index in [1.54, 1.807) is 0 Å². The van der Waals surface area contributed by atoms with Crippen molar-refractivity contribution in [1.82, 2.24) is 34.8 Å². The van der Waals surface area contributed by atoms with Gasteiger partial charge in [-0.15, -0.1) is 0 Å². The van der Waals surface area contributed by atoms with Crippen molar-refractivity contribution in [3.8, 4) is 11.3 Å². The molecule has 0 bridgehead atoms. The molecule has 2 saturated heterocycles. The molecule has 3 aliphatic rings. The highest BCUT2D eigenvalue weighted by molar-refractivity contribution is 5.93. The van der Waals surface area contributed by atoms with E-state index in [2.05, 4.69) is 54.4 Å². The standard InChI is InChI=1S/C24H26N8O/c1-2-19(20-10-26-29-21(20)3-1)22-15-32-14-18(13-30-11-16-8-25-9-17(16)12-30)27-23(32)24(28-22)31-4-6-33-7-5-31/h1-3,8,10,14-15,17,25H,4-7,9,11-13H2,(H,26,29). The van der Waals surface area contributed by atoms with Crippen LogP contribution in [0.2, 0.25) is 0 Å². The van der Waals surface area contributed by atoms with Crippen molar-refractivity contribution in [2.75, 3.05) is 50.8 Å². The minimum atomic E-state index is 0.648. The van der Waals surface area contributed by atoms with E-state index in [0.29, 0.717) is 19.1 Å². The molecule has 9 nitrogen and oxygen atoms in total. The first kappa shape index (κ1) is 19.1. The van der Waals surface area contributed by atoms with Crippen LogP contribution >= 0.6 is 0 Å². The largest absolute Gasteiger partial charge is 0.390 e. The topological polar surface area (TPSA) is 86.6 Å². The number of anilines is 1. The molecule has 2 fully saturated rings. The number of H-pyrrole nitrogens is 1. The van der Waals surface area contributed by atoms with Crippen LogP contribution in [0, 0.1) is 5.92 Å². The molecule has 33 heavy (non-hydrogen) atoms. The molecule has 168 valence electrons. The summed E-state index contributed by atoms with van der Waals surface area (Å²) in [5.41, 5.74) is 6.52. The molecular weight excluding hydrogens is 416 g/mol. The van der Waals surface area contributed by atoms with Gasteiger partial charge in [0, 0.05) is 68.5 Å². The number of benzene rings is 1. The fraction of sp³-hybridized carbons (Fsp3) is 0.375.